The van der Waals surface area contributed by atoms with Gasteiger partial charge in [-0.2, -0.15) is 0 Å². The average molecular weight is 515 g/mol. The zero-order chi connectivity index (χ0) is 25.5. The van der Waals surface area contributed by atoms with Gasteiger partial charge in [0, 0.05) is 49.7 Å². The van der Waals surface area contributed by atoms with Crippen molar-refractivity contribution in [3.63, 3.8) is 0 Å². The molecule has 1 saturated heterocycles. The summed E-state index contributed by atoms with van der Waals surface area (Å²) in [6.45, 7) is 2.63. The molecule has 1 unspecified atom stereocenters. The van der Waals surface area contributed by atoms with Crippen molar-refractivity contribution in [3.05, 3.63) is 48.4 Å². The molecule has 0 saturated carbocycles. The number of aromatic nitrogens is 3. The highest BCUT2D eigenvalue weighted by molar-refractivity contribution is 7.99. The number of piperidine rings is 1. The molecule has 2 aromatic heterocycles. The molecular formula is C27H35FN4O3S. The molecule has 0 bridgehead atoms. The van der Waals surface area contributed by atoms with E-state index in [4.69, 9.17) is 4.74 Å². The average Bonchev–Trinajstić information content (AvgIpc) is 3.29. The summed E-state index contributed by atoms with van der Waals surface area (Å²) in [6.07, 6.45) is 7.38. The van der Waals surface area contributed by atoms with E-state index in [2.05, 4.69) is 14.9 Å². The molecule has 1 N–H and O–H groups in total. The lowest BCUT2D eigenvalue weighted by Crippen LogP contribution is -2.42. The number of rotatable bonds is 12. The summed E-state index contributed by atoms with van der Waals surface area (Å²) in [7, 11) is 3.59. The van der Waals surface area contributed by atoms with Crippen molar-refractivity contribution in [2.75, 3.05) is 32.5 Å². The van der Waals surface area contributed by atoms with E-state index in [1.165, 1.54) is 0 Å². The Balaban J connectivity index is 1.32. The number of carboxylic acid groups (broad SMARTS) is 1. The first-order chi connectivity index (χ1) is 17.4. The van der Waals surface area contributed by atoms with Crippen molar-refractivity contribution < 1.29 is 19.0 Å². The Morgan fingerprint density at radius 1 is 1.28 bits per heavy atom. The van der Waals surface area contributed by atoms with Crippen molar-refractivity contribution in [3.8, 4) is 5.75 Å². The van der Waals surface area contributed by atoms with E-state index >= 15 is 4.39 Å². The Hall–Kier alpha value is -2.65. The minimum absolute atomic E-state index is 0.0416. The van der Waals surface area contributed by atoms with Crippen LogP contribution in [0.1, 0.15) is 43.8 Å². The number of ether oxygens (including phenoxy) is 1. The van der Waals surface area contributed by atoms with E-state index in [9.17, 15) is 9.90 Å². The van der Waals surface area contributed by atoms with Crippen molar-refractivity contribution in [1.82, 2.24) is 19.4 Å². The number of hydrogen-bond acceptors (Lipinski definition) is 6. The van der Waals surface area contributed by atoms with Crippen LogP contribution >= 0.6 is 11.8 Å². The number of benzene rings is 1. The molecule has 36 heavy (non-hydrogen) atoms. The Labute approximate surface area is 216 Å². The monoisotopic (exact) mass is 514 g/mol. The number of methoxy groups -OCH3 is 1. The Morgan fingerprint density at radius 3 is 2.89 bits per heavy atom. The molecule has 9 heteroatoms. The van der Waals surface area contributed by atoms with Gasteiger partial charge in [0.2, 0.25) is 0 Å². The molecule has 3 aromatic rings. The molecule has 1 aliphatic heterocycles. The smallest absolute Gasteiger partial charge is 0.303 e. The second-order valence-electron chi connectivity index (χ2n) is 9.56. The number of carboxylic acids is 1. The maximum Gasteiger partial charge on any atom is 0.303 e. The highest BCUT2D eigenvalue weighted by Crippen LogP contribution is 2.36. The SMILES string of the molecule is COc1ccc2nccc(C(F)CC[C@@H]3CCN(CCCSc4nccn4C)C[C@@H]3CC(=O)O)c2c1. The zero-order valence-electron chi connectivity index (χ0n) is 21.0. The van der Waals surface area contributed by atoms with Crippen LogP contribution in [0.15, 0.2) is 48.0 Å². The lowest BCUT2D eigenvalue weighted by Gasteiger charge is -2.38. The third-order valence-corrected chi connectivity index (χ3v) is 8.29. The van der Waals surface area contributed by atoms with Gasteiger partial charge in [-0.25, -0.2) is 9.37 Å². The Kier molecular flexibility index (Phi) is 9.20. The van der Waals surface area contributed by atoms with Crippen LogP contribution < -0.4 is 4.74 Å². The van der Waals surface area contributed by atoms with Crippen LogP contribution in [-0.2, 0) is 11.8 Å². The van der Waals surface area contributed by atoms with E-state index in [0.717, 1.165) is 54.3 Å². The molecule has 1 aromatic carbocycles. The standard InChI is InChI=1S/C27H35FN4O3S/c1-31-14-11-30-27(31)36-15-3-12-32-13-9-19(20(18-32)16-26(33)34)4-6-24(28)22-8-10-29-25-7-5-21(35-2)17-23(22)25/h5,7-8,10-11,14,17,19-20,24H,3-4,6,9,12-13,15-16,18H2,1-2H3,(H,33,34)/t19-,20+,24?/m1/s1. The van der Waals surface area contributed by atoms with Crippen molar-refractivity contribution in [2.24, 2.45) is 18.9 Å². The van der Waals surface area contributed by atoms with Gasteiger partial charge in [0.25, 0.3) is 0 Å². The van der Waals surface area contributed by atoms with Crippen molar-refractivity contribution in [1.29, 1.82) is 0 Å². The second kappa shape index (κ2) is 12.5. The molecule has 0 spiro atoms. The minimum atomic E-state index is -1.13. The number of fused-ring (bicyclic) bond motifs is 1. The fourth-order valence-corrected chi connectivity index (χ4v) is 6.06. The van der Waals surface area contributed by atoms with Crippen LogP contribution in [-0.4, -0.2) is 63.0 Å². The third kappa shape index (κ3) is 6.76. The lowest BCUT2D eigenvalue weighted by molar-refractivity contribution is -0.139. The highest BCUT2D eigenvalue weighted by Gasteiger charge is 2.31. The van der Waals surface area contributed by atoms with Crippen molar-refractivity contribution in [2.45, 2.75) is 43.4 Å². The highest BCUT2D eigenvalue weighted by atomic mass is 32.2. The third-order valence-electron chi connectivity index (χ3n) is 7.15. The maximum absolute atomic E-state index is 15.5. The first-order valence-electron chi connectivity index (χ1n) is 12.6. The van der Waals surface area contributed by atoms with E-state index in [1.54, 1.807) is 37.3 Å². The topological polar surface area (TPSA) is 80.5 Å². The number of alkyl halides is 1. The first kappa shape index (κ1) is 26.4. The first-order valence-corrected chi connectivity index (χ1v) is 13.5. The van der Waals surface area contributed by atoms with E-state index in [1.807, 2.05) is 36.0 Å². The minimum Gasteiger partial charge on any atom is -0.497 e. The number of thioether (sulfide) groups is 1. The molecule has 194 valence electrons. The molecule has 4 rings (SSSR count). The van der Waals surface area contributed by atoms with Gasteiger partial charge in [-0.15, -0.1) is 0 Å². The predicted octanol–water partition coefficient (Wildman–Crippen LogP) is 5.36. The second-order valence-corrected chi connectivity index (χ2v) is 10.6. The van der Waals surface area contributed by atoms with Gasteiger partial charge in [0.15, 0.2) is 5.16 Å². The number of halogens is 1. The van der Waals surface area contributed by atoms with Crippen LogP contribution in [0.2, 0.25) is 0 Å². The van der Waals surface area contributed by atoms with Crippen LogP contribution in [0.4, 0.5) is 4.39 Å². The molecule has 3 heterocycles. The molecule has 3 atom stereocenters. The van der Waals surface area contributed by atoms with E-state index in [-0.39, 0.29) is 18.3 Å². The van der Waals surface area contributed by atoms with Gasteiger partial charge in [-0.05, 0) is 80.4 Å². The summed E-state index contributed by atoms with van der Waals surface area (Å²) < 4.78 is 22.8. The summed E-state index contributed by atoms with van der Waals surface area (Å²) in [6, 6.07) is 7.25. The van der Waals surface area contributed by atoms with Gasteiger partial charge in [0.1, 0.15) is 11.9 Å². The molecule has 7 nitrogen and oxygen atoms in total. The van der Waals surface area contributed by atoms with E-state index < -0.39 is 12.1 Å². The van der Waals surface area contributed by atoms with Gasteiger partial charge < -0.3 is 19.3 Å². The van der Waals surface area contributed by atoms with Gasteiger partial charge in [-0.3, -0.25) is 9.78 Å². The molecular weight excluding hydrogens is 479 g/mol. The number of aliphatic carboxylic acids is 1. The predicted molar refractivity (Wildman–Crippen MR) is 140 cm³/mol. The number of hydrogen-bond donors (Lipinski definition) is 1. The maximum atomic E-state index is 15.5. The summed E-state index contributed by atoms with van der Waals surface area (Å²) in [5.41, 5.74) is 1.37. The molecule has 1 fully saturated rings. The van der Waals surface area contributed by atoms with Crippen LogP contribution in [0.25, 0.3) is 10.9 Å². The van der Waals surface area contributed by atoms with Crippen LogP contribution in [0, 0.1) is 11.8 Å². The summed E-state index contributed by atoms with van der Waals surface area (Å²) in [5.74, 6) is 1.13. The normalized spacial score (nSPS) is 19.4. The fraction of sp³-hybridized carbons (Fsp3) is 0.519. The molecule has 0 radical (unpaired) electrons. The van der Waals surface area contributed by atoms with Crippen LogP contribution in [0.3, 0.4) is 0 Å². The Morgan fingerprint density at radius 2 is 2.14 bits per heavy atom. The van der Waals surface area contributed by atoms with E-state index in [0.29, 0.717) is 24.2 Å². The zero-order valence-corrected chi connectivity index (χ0v) is 21.8. The number of imidazole rings is 1. The summed E-state index contributed by atoms with van der Waals surface area (Å²) >= 11 is 1.74. The quantitative estimate of drug-likeness (QED) is 0.257. The number of carbonyl (C=O) groups is 1. The molecule has 1 aliphatic rings. The summed E-state index contributed by atoms with van der Waals surface area (Å²) in [4.78, 5) is 22.7. The summed E-state index contributed by atoms with van der Waals surface area (Å²) in [5, 5.41) is 11.3. The fourth-order valence-electron chi connectivity index (χ4n) is 5.20. The Bertz CT molecular complexity index is 1160. The lowest BCUT2D eigenvalue weighted by atomic mass is 9.79. The molecule has 0 aliphatic carbocycles. The van der Waals surface area contributed by atoms with Gasteiger partial charge >= 0.3 is 5.97 Å². The number of pyridine rings is 1. The van der Waals surface area contributed by atoms with Gasteiger partial charge in [-0.1, -0.05) is 11.8 Å². The number of nitrogens with zero attached hydrogens (tertiary/aromatic N) is 4. The number of likely N-dealkylation sites (tertiary alicyclic amines) is 1. The molecule has 0 amide bonds. The largest absolute Gasteiger partial charge is 0.497 e. The van der Waals surface area contributed by atoms with Crippen LogP contribution in [0.5, 0.6) is 5.75 Å². The van der Waals surface area contributed by atoms with Gasteiger partial charge in [0.05, 0.1) is 12.6 Å². The number of aryl methyl sites for hydroxylation is 1. The van der Waals surface area contributed by atoms with Crippen molar-refractivity contribution >= 4 is 28.6 Å².